The van der Waals surface area contributed by atoms with Gasteiger partial charge >= 0.3 is 5.97 Å². The van der Waals surface area contributed by atoms with Crippen molar-refractivity contribution < 1.29 is 24.2 Å². The molecule has 0 amide bonds. The van der Waals surface area contributed by atoms with Crippen molar-refractivity contribution in [1.29, 1.82) is 0 Å². The average Bonchev–Trinajstić information content (AvgIpc) is 3.06. The van der Waals surface area contributed by atoms with E-state index in [1.165, 1.54) is 6.92 Å². The van der Waals surface area contributed by atoms with Crippen LogP contribution in [0.1, 0.15) is 41.0 Å². The predicted molar refractivity (Wildman–Crippen MR) is 122 cm³/mol. The van der Waals surface area contributed by atoms with E-state index < -0.39 is 23.1 Å². The van der Waals surface area contributed by atoms with Crippen molar-refractivity contribution in [2.75, 3.05) is 13.2 Å². The van der Waals surface area contributed by atoms with E-state index in [4.69, 9.17) is 16.3 Å². The number of allylic oxidation sites excluding steroid dienone is 6. The van der Waals surface area contributed by atoms with E-state index in [0.29, 0.717) is 22.6 Å². The van der Waals surface area contributed by atoms with E-state index in [0.717, 1.165) is 12.1 Å². The number of fused-ring (bicyclic) bond motifs is 3. The summed E-state index contributed by atoms with van der Waals surface area (Å²) in [7, 11) is 0. The van der Waals surface area contributed by atoms with Gasteiger partial charge in [0.1, 0.15) is 5.57 Å². The molecule has 170 valence electrons. The topological polar surface area (TPSA) is 83.9 Å². The highest BCUT2D eigenvalue weighted by molar-refractivity contribution is 6.46. The van der Waals surface area contributed by atoms with Gasteiger partial charge in [0, 0.05) is 35.2 Å². The zero-order valence-electron chi connectivity index (χ0n) is 19.0. The molecule has 0 saturated carbocycles. The molecule has 6 nitrogen and oxygen atoms in total. The molecular weight excluding hydrogens is 430 g/mol. The minimum absolute atomic E-state index is 0.0511. The third-order valence-corrected chi connectivity index (χ3v) is 6.54. The molecule has 1 N–H and O–H groups in total. The lowest BCUT2D eigenvalue weighted by Crippen LogP contribution is -2.43. The van der Waals surface area contributed by atoms with Crippen molar-refractivity contribution in [3.63, 3.8) is 0 Å². The van der Waals surface area contributed by atoms with Gasteiger partial charge in [-0.25, -0.2) is 4.79 Å². The maximum absolute atomic E-state index is 13.2. The highest BCUT2D eigenvalue weighted by atomic mass is 35.5. The Kier molecular flexibility index (Phi) is 6.77. The molecule has 0 fully saturated rings. The van der Waals surface area contributed by atoms with Crippen molar-refractivity contribution in [1.82, 2.24) is 4.90 Å². The number of nitrogens with zero attached hydrogens (tertiary/aromatic N) is 1. The number of ketones is 2. The Labute approximate surface area is 193 Å². The number of esters is 1. The van der Waals surface area contributed by atoms with E-state index >= 15 is 0 Å². The quantitative estimate of drug-likeness (QED) is 0.355. The van der Waals surface area contributed by atoms with Crippen LogP contribution in [0.25, 0.3) is 0 Å². The van der Waals surface area contributed by atoms with Gasteiger partial charge in [0.05, 0.1) is 11.6 Å². The van der Waals surface area contributed by atoms with Crippen molar-refractivity contribution in [3.05, 3.63) is 69.1 Å². The van der Waals surface area contributed by atoms with Gasteiger partial charge in [0.25, 0.3) is 0 Å². The van der Waals surface area contributed by atoms with Gasteiger partial charge in [0.15, 0.2) is 11.4 Å². The highest BCUT2D eigenvalue weighted by Gasteiger charge is 2.57. The molecule has 0 spiro atoms. The fourth-order valence-electron chi connectivity index (χ4n) is 3.88. The van der Waals surface area contributed by atoms with Crippen LogP contribution in [0.4, 0.5) is 0 Å². The van der Waals surface area contributed by atoms with Gasteiger partial charge in [-0.3, -0.25) is 9.59 Å². The number of β-amino-alcohol motifs (C(OH)–C–C–N with tert-alkyl or cyclic N) is 1. The molecule has 2 heterocycles. The maximum atomic E-state index is 13.2. The first-order valence-electron chi connectivity index (χ1n) is 10.7. The Bertz CT molecular complexity index is 1070. The fourth-order valence-corrected chi connectivity index (χ4v) is 4.22. The van der Waals surface area contributed by atoms with Crippen LogP contribution in [0.3, 0.4) is 0 Å². The Morgan fingerprint density at radius 3 is 2.66 bits per heavy atom. The summed E-state index contributed by atoms with van der Waals surface area (Å²) in [6.07, 6.45) is 10.0. The van der Waals surface area contributed by atoms with E-state index in [2.05, 4.69) is 13.8 Å². The van der Waals surface area contributed by atoms with Crippen molar-refractivity contribution >= 4 is 29.1 Å². The second-order valence-corrected chi connectivity index (χ2v) is 8.68. The molecule has 0 aromatic rings. The Balaban J connectivity index is 2.27. The summed E-state index contributed by atoms with van der Waals surface area (Å²) in [6, 6.07) is 0. The number of rotatable bonds is 7. The molecule has 0 bridgehead atoms. The SMILES string of the molecule is C/C=C(\C)C(=O)C1=C2C3=CN(CCO)C(/C=C/[C@@H](C)CC)=CC3=C(Cl)C(=O)[C@@]2(C)OC1=O. The molecule has 0 aromatic carbocycles. The van der Waals surface area contributed by atoms with Crippen LogP contribution < -0.4 is 0 Å². The van der Waals surface area contributed by atoms with Crippen LogP contribution in [-0.2, 0) is 19.1 Å². The van der Waals surface area contributed by atoms with E-state index in [-0.39, 0.29) is 29.3 Å². The third-order valence-electron chi connectivity index (χ3n) is 6.16. The minimum atomic E-state index is -1.68. The third kappa shape index (κ3) is 3.82. The minimum Gasteiger partial charge on any atom is -0.442 e. The normalized spacial score (nSPS) is 24.5. The Morgan fingerprint density at radius 2 is 2.06 bits per heavy atom. The van der Waals surface area contributed by atoms with Gasteiger partial charge in [-0.15, -0.1) is 0 Å². The van der Waals surface area contributed by atoms with Crippen LogP contribution in [0.5, 0.6) is 0 Å². The van der Waals surface area contributed by atoms with Gasteiger partial charge in [-0.2, -0.15) is 0 Å². The zero-order valence-corrected chi connectivity index (χ0v) is 19.7. The van der Waals surface area contributed by atoms with Gasteiger partial charge in [-0.1, -0.05) is 44.0 Å². The monoisotopic (exact) mass is 457 g/mol. The lowest BCUT2D eigenvalue weighted by molar-refractivity contribution is -0.153. The largest absolute Gasteiger partial charge is 0.442 e. The molecule has 3 rings (SSSR count). The Hall–Kier alpha value is -2.70. The van der Waals surface area contributed by atoms with E-state index in [1.54, 1.807) is 32.2 Å². The highest BCUT2D eigenvalue weighted by Crippen LogP contribution is 2.50. The van der Waals surface area contributed by atoms with Crippen molar-refractivity contribution in [2.45, 2.75) is 46.6 Å². The summed E-state index contributed by atoms with van der Waals surface area (Å²) in [5, 5.41) is 9.56. The molecule has 7 heteroatoms. The van der Waals surface area contributed by atoms with Crippen molar-refractivity contribution in [2.24, 2.45) is 5.92 Å². The van der Waals surface area contributed by atoms with Crippen LogP contribution in [0, 0.1) is 5.92 Å². The fraction of sp³-hybridized carbons (Fsp3) is 0.400. The lowest BCUT2D eigenvalue weighted by Gasteiger charge is -2.36. The summed E-state index contributed by atoms with van der Waals surface area (Å²) < 4.78 is 5.46. The smallest absolute Gasteiger partial charge is 0.343 e. The number of halogens is 1. The van der Waals surface area contributed by atoms with Gasteiger partial charge in [0.2, 0.25) is 5.78 Å². The van der Waals surface area contributed by atoms with Crippen LogP contribution >= 0.6 is 11.6 Å². The summed E-state index contributed by atoms with van der Waals surface area (Å²) >= 11 is 6.48. The number of carbonyl (C=O) groups excluding carboxylic acids is 3. The van der Waals surface area contributed by atoms with Crippen LogP contribution in [0.2, 0.25) is 0 Å². The number of aliphatic hydroxyl groups is 1. The molecule has 32 heavy (non-hydrogen) atoms. The summed E-state index contributed by atoms with van der Waals surface area (Å²) in [5.41, 5.74) is 0.428. The molecule has 0 radical (unpaired) electrons. The molecule has 0 aromatic heterocycles. The summed E-state index contributed by atoms with van der Waals surface area (Å²) in [6.45, 7) is 9.13. The standard InChI is InChI=1S/C25H28ClNO5/c1-6-14(3)8-9-16-12-17-18(13-27(16)10-11-28)20-19(22(29)15(4)7-2)24(31)32-25(20,5)23(30)21(17)26/h7-9,12-14,28H,6,10-11H2,1-5H3/b9-8+,15-7+/t14-,25-/m0/s1. The van der Waals surface area contributed by atoms with E-state index in [9.17, 15) is 19.5 Å². The zero-order chi connectivity index (χ0) is 23.8. The van der Waals surface area contributed by atoms with Crippen LogP contribution in [-0.4, -0.2) is 46.3 Å². The number of hydrogen-bond donors (Lipinski definition) is 1. The molecule has 2 aliphatic heterocycles. The first-order chi connectivity index (χ1) is 15.1. The van der Waals surface area contributed by atoms with Crippen molar-refractivity contribution in [3.8, 4) is 0 Å². The second kappa shape index (κ2) is 9.04. The number of carbonyl (C=O) groups is 3. The van der Waals surface area contributed by atoms with Gasteiger partial charge < -0.3 is 14.7 Å². The predicted octanol–water partition coefficient (Wildman–Crippen LogP) is 3.89. The molecular formula is C25H28ClNO5. The second-order valence-electron chi connectivity index (χ2n) is 8.30. The number of ether oxygens (including phenoxy) is 1. The average molecular weight is 458 g/mol. The molecule has 0 saturated heterocycles. The number of Topliss-reactive ketones (excluding diaryl/α,β-unsaturated/α-hetero) is 2. The van der Waals surface area contributed by atoms with Gasteiger partial charge in [-0.05, 0) is 44.4 Å². The van der Waals surface area contributed by atoms with E-state index in [1.807, 2.05) is 17.1 Å². The molecule has 0 unspecified atom stereocenters. The Morgan fingerprint density at radius 1 is 1.38 bits per heavy atom. The number of hydrogen-bond acceptors (Lipinski definition) is 6. The maximum Gasteiger partial charge on any atom is 0.343 e. The summed E-state index contributed by atoms with van der Waals surface area (Å²) in [4.78, 5) is 40.8. The lowest BCUT2D eigenvalue weighted by atomic mass is 9.74. The first-order valence-corrected chi connectivity index (χ1v) is 11.1. The summed E-state index contributed by atoms with van der Waals surface area (Å²) in [5.74, 6) is -1.54. The molecule has 3 aliphatic rings. The first kappa shape index (κ1) is 24.0. The van der Waals surface area contributed by atoms with Crippen LogP contribution in [0.15, 0.2) is 69.1 Å². The molecule has 2 atom stereocenters. The number of aliphatic hydroxyl groups excluding tert-OH is 1. The molecule has 1 aliphatic carbocycles.